The Morgan fingerprint density at radius 3 is 2.14 bits per heavy atom. The van der Waals surface area contributed by atoms with Gasteiger partial charge in [0.2, 0.25) is 0 Å². The van der Waals surface area contributed by atoms with Gasteiger partial charge in [0.05, 0.1) is 21.5 Å². The van der Waals surface area contributed by atoms with Crippen LogP contribution in [-0.2, 0) is 6.18 Å². The lowest BCUT2D eigenvalue weighted by Crippen LogP contribution is -2.23. The molecule has 3 rings (SSSR count). The van der Waals surface area contributed by atoms with Gasteiger partial charge in [-0.2, -0.15) is 13.2 Å². The summed E-state index contributed by atoms with van der Waals surface area (Å²) in [6.45, 7) is 5.18. The number of rotatable bonds is 1. The van der Waals surface area contributed by atoms with Crippen molar-refractivity contribution in [3.8, 4) is 11.1 Å². The molecule has 28 heavy (non-hydrogen) atoms. The van der Waals surface area contributed by atoms with Crippen LogP contribution >= 0.6 is 11.6 Å². The second-order valence-corrected chi connectivity index (χ2v) is 5.91. The largest absolute Gasteiger partial charge is 0.417 e. The first kappa shape index (κ1) is 21.6. The SMILES string of the molecule is CC.Cc1c(-c2cc(Cl)c(F)cc2F)c(C(F)(F)F)cc2c(=O)[nH]c(=O)[nH]c12. The lowest BCUT2D eigenvalue weighted by atomic mass is 9.92. The fourth-order valence-corrected chi connectivity index (χ4v) is 2.92. The van der Waals surface area contributed by atoms with Gasteiger partial charge in [0.15, 0.2) is 0 Å². The zero-order valence-electron chi connectivity index (χ0n) is 14.8. The molecular formula is C18H14ClF5N2O2. The Hall–Kier alpha value is -2.68. The predicted octanol–water partition coefficient (Wildman–Crippen LogP) is 5.17. The normalized spacial score (nSPS) is 11.3. The number of benzene rings is 2. The van der Waals surface area contributed by atoms with Crippen molar-refractivity contribution in [3.63, 3.8) is 0 Å². The number of aryl methyl sites for hydroxylation is 1. The Bertz CT molecular complexity index is 1170. The minimum atomic E-state index is -4.95. The summed E-state index contributed by atoms with van der Waals surface area (Å²) in [5.41, 5.74) is -4.94. The van der Waals surface area contributed by atoms with Crippen LogP contribution in [0.2, 0.25) is 5.02 Å². The van der Waals surface area contributed by atoms with Gasteiger partial charge in [0, 0.05) is 17.2 Å². The van der Waals surface area contributed by atoms with Gasteiger partial charge in [-0.05, 0) is 24.6 Å². The Morgan fingerprint density at radius 1 is 0.964 bits per heavy atom. The maximum Gasteiger partial charge on any atom is 0.417 e. The van der Waals surface area contributed by atoms with Crippen molar-refractivity contribution in [3.05, 3.63) is 66.8 Å². The molecule has 0 saturated heterocycles. The summed E-state index contributed by atoms with van der Waals surface area (Å²) < 4.78 is 68.3. The van der Waals surface area contributed by atoms with Crippen LogP contribution in [0.1, 0.15) is 25.0 Å². The van der Waals surface area contributed by atoms with Crippen LogP contribution in [0.5, 0.6) is 0 Å². The fourth-order valence-electron chi connectivity index (χ4n) is 2.76. The monoisotopic (exact) mass is 420 g/mol. The standard InChI is InChI=1S/C16H8ClF5N2O2.C2H6/c1-5-12(6-3-9(17)11(19)4-10(6)18)8(16(20,21)22)2-7-13(5)23-15(26)24-14(7)25;1-2/h2-4H,1H3,(H2,23,24,25,26);1-2H3. The summed E-state index contributed by atoms with van der Waals surface area (Å²) in [4.78, 5) is 27.4. The number of fused-ring (bicyclic) bond motifs is 1. The van der Waals surface area contributed by atoms with E-state index in [1.165, 1.54) is 6.92 Å². The first-order chi connectivity index (χ1) is 13.0. The van der Waals surface area contributed by atoms with Crippen LogP contribution in [0.25, 0.3) is 22.0 Å². The maximum absolute atomic E-state index is 14.2. The molecule has 0 unspecified atom stereocenters. The van der Waals surface area contributed by atoms with Gasteiger partial charge < -0.3 is 4.98 Å². The van der Waals surface area contributed by atoms with Gasteiger partial charge in [0.1, 0.15) is 11.6 Å². The molecule has 2 N–H and O–H groups in total. The van der Waals surface area contributed by atoms with Crippen molar-refractivity contribution in [2.45, 2.75) is 26.9 Å². The molecule has 0 radical (unpaired) electrons. The van der Waals surface area contributed by atoms with E-state index < -0.39 is 56.2 Å². The van der Waals surface area contributed by atoms with Gasteiger partial charge in [-0.15, -0.1) is 0 Å². The van der Waals surface area contributed by atoms with E-state index in [1.807, 2.05) is 18.8 Å². The first-order valence-electron chi connectivity index (χ1n) is 8.02. The maximum atomic E-state index is 14.2. The fraction of sp³-hybridized carbons (Fsp3) is 0.222. The predicted molar refractivity (Wildman–Crippen MR) is 96.6 cm³/mol. The van der Waals surface area contributed by atoms with Crippen LogP contribution in [-0.4, -0.2) is 9.97 Å². The van der Waals surface area contributed by atoms with Crippen LogP contribution in [0.4, 0.5) is 22.0 Å². The minimum Gasteiger partial charge on any atom is -0.307 e. The number of H-pyrrole nitrogens is 2. The van der Waals surface area contributed by atoms with Crippen molar-refractivity contribution in [1.29, 1.82) is 0 Å². The molecule has 0 amide bonds. The Labute approximate surface area is 160 Å². The number of nitrogens with one attached hydrogen (secondary N) is 2. The molecule has 0 spiro atoms. The highest BCUT2D eigenvalue weighted by molar-refractivity contribution is 6.31. The van der Waals surface area contributed by atoms with E-state index in [9.17, 15) is 31.5 Å². The summed E-state index contributed by atoms with van der Waals surface area (Å²) >= 11 is 5.59. The highest BCUT2D eigenvalue weighted by Gasteiger charge is 2.36. The molecule has 10 heteroatoms. The lowest BCUT2D eigenvalue weighted by molar-refractivity contribution is -0.137. The average Bonchev–Trinajstić information content (AvgIpc) is 2.60. The highest BCUT2D eigenvalue weighted by Crippen LogP contribution is 2.42. The smallest absolute Gasteiger partial charge is 0.307 e. The van der Waals surface area contributed by atoms with Gasteiger partial charge in [-0.25, -0.2) is 13.6 Å². The second-order valence-electron chi connectivity index (χ2n) is 5.50. The van der Waals surface area contributed by atoms with E-state index in [1.54, 1.807) is 0 Å². The third-order valence-corrected chi connectivity index (χ3v) is 4.16. The average molecular weight is 421 g/mol. The first-order valence-corrected chi connectivity index (χ1v) is 8.40. The molecule has 2 aromatic carbocycles. The highest BCUT2D eigenvalue weighted by atomic mass is 35.5. The summed E-state index contributed by atoms with van der Waals surface area (Å²) in [6.07, 6.45) is -4.95. The number of alkyl halides is 3. The summed E-state index contributed by atoms with van der Waals surface area (Å²) in [5.74, 6) is -2.41. The zero-order valence-corrected chi connectivity index (χ0v) is 15.6. The van der Waals surface area contributed by atoms with E-state index in [-0.39, 0.29) is 11.1 Å². The molecule has 1 heterocycles. The van der Waals surface area contributed by atoms with Crippen molar-refractivity contribution < 1.29 is 22.0 Å². The molecule has 1 aromatic heterocycles. The topological polar surface area (TPSA) is 65.7 Å². The molecule has 150 valence electrons. The second kappa shape index (κ2) is 7.75. The van der Waals surface area contributed by atoms with Crippen molar-refractivity contribution in [1.82, 2.24) is 9.97 Å². The number of hydrogen-bond donors (Lipinski definition) is 2. The third kappa shape index (κ3) is 3.80. The van der Waals surface area contributed by atoms with Gasteiger partial charge >= 0.3 is 11.9 Å². The van der Waals surface area contributed by atoms with Gasteiger partial charge in [-0.3, -0.25) is 9.78 Å². The van der Waals surface area contributed by atoms with Crippen LogP contribution in [0.15, 0.2) is 27.8 Å². The third-order valence-electron chi connectivity index (χ3n) is 3.87. The Morgan fingerprint density at radius 2 is 1.57 bits per heavy atom. The van der Waals surface area contributed by atoms with Gasteiger partial charge in [0.25, 0.3) is 5.56 Å². The van der Waals surface area contributed by atoms with Crippen molar-refractivity contribution >= 4 is 22.5 Å². The molecular weight excluding hydrogens is 407 g/mol. The quantitative estimate of drug-likeness (QED) is 0.421. The number of hydrogen-bond acceptors (Lipinski definition) is 2. The molecule has 0 aliphatic rings. The van der Waals surface area contributed by atoms with E-state index in [4.69, 9.17) is 11.6 Å². The molecule has 0 fully saturated rings. The zero-order chi connectivity index (χ0) is 21.4. The van der Waals surface area contributed by atoms with Crippen molar-refractivity contribution in [2.75, 3.05) is 0 Å². The molecule has 0 aliphatic heterocycles. The van der Waals surface area contributed by atoms with Crippen molar-refractivity contribution in [2.24, 2.45) is 0 Å². The van der Waals surface area contributed by atoms with E-state index >= 15 is 0 Å². The summed E-state index contributed by atoms with van der Waals surface area (Å²) in [5, 5.41) is -1.000. The Kier molecular flexibility index (Phi) is 5.98. The minimum absolute atomic E-state index is 0.193. The lowest BCUT2D eigenvalue weighted by Gasteiger charge is -2.18. The molecule has 0 saturated carbocycles. The van der Waals surface area contributed by atoms with Crippen LogP contribution in [0.3, 0.4) is 0 Å². The van der Waals surface area contributed by atoms with E-state index in [0.717, 1.165) is 6.07 Å². The molecule has 4 nitrogen and oxygen atoms in total. The summed E-state index contributed by atoms with van der Waals surface area (Å²) in [6, 6.07) is 1.59. The summed E-state index contributed by atoms with van der Waals surface area (Å²) in [7, 11) is 0. The van der Waals surface area contributed by atoms with E-state index in [0.29, 0.717) is 12.1 Å². The van der Waals surface area contributed by atoms with Crippen LogP contribution < -0.4 is 11.2 Å². The number of aromatic amines is 2. The molecule has 0 bridgehead atoms. The van der Waals surface area contributed by atoms with E-state index in [2.05, 4.69) is 4.98 Å². The van der Waals surface area contributed by atoms with Crippen LogP contribution in [0, 0.1) is 18.6 Å². The molecule has 3 aromatic rings. The molecule has 0 atom stereocenters. The van der Waals surface area contributed by atoms with Gasteiger partial charge in [-0.1, -0.05) is 25.4 Å². The number of aromatic nitrogens is 2. The molecule has 0 aliphatic carbocycles. The number of halogens is 6. The Balaban J connectivity index is 0.00000136.